The Bertz CT molecular complexity index is 1810. The number of benzene rings is 2. The number of sulfone groups is 1. The van der Waals surface area contributed by atoms with Gasteiger partial charge in [-0.3, -0.25) is 0 Å². The van der Waals surface area contributed by atoms with Crippen LogP contribution in [0.3, 0.4) is 0 Å². The van der Waals surface area contributed by atoms with Crippen molar-refractivity contribution in [3.63, 3.8) is 0 Å². The van der Waals surface area contributed by atoms with E-state index >= 15 is 0 Å². The lowest BCUT2D eigenvalue weighted by atomic mass is 9.98. The number of oxazole rings is 1. The van der Waals surface area contributed by atoms with E-state index in [4.69, 9.17) is 16.0 Å². The van der Waals surface area contributed by atoms with Gasteiger partial charge in [-0.1, -0.05) is 29.8 Å². The second-order valence-corrected chi connectivity index (χ2v) is 11.3. The Labute approximate surface area is 226 Å². The van der Waals surface area contributed by atoms with E-state index in [2.05, 4.69) is 15.0 Å². The molecule has 0 aliphatic rings. The summed E-state index contributed by atoms with van der Waals surface area (Å²) in [6.07, 6.45) is -1.08. The molecular formula is C27H20ClF3N4O3S. The van der Waals surface area contributed by atoms with Crippen molar-refractivity contribution in [3.8, 4) is 39.4 Å². The van der Waals surface area contributed by atoms with Gasteiger partial charge in [0.15, 0.2) is 27.2 Å². The van der Waals surface area contributed by atoms with E-state index in [-0.39, 0.29) is 15.9 Å². The number of aryl methyl sites for hydroxylation is 2. The second kappa shape index (κ2) is 9.65. The molecule has 0 fully saturated rings. The van der Waals surface area contributed by atoms with Crippen LogP contribution in [0, 0.1) is 13.8 Å². The van der Waals surface area contributed by atoms with Crippen LogP contribution < -0.4 is 0 Å². The minimum absolute atomic E-state index is 0.116. The first kappa shape index (κ1) is 26.6. The number of hydrogen-bond donors (Lipinski definition) is 0. The van der Waals surface area contributed by atoms with E-state index in [1.54, 1.807) is 49.4 Å². The first-order valence-corrected chi connectivity index (χ1v) is 13.8. The monoisotopic (exact) mass is 572 g/mol. The fraction of sp³-hybridized carbons (Fsp3) is 0.148. The summed E-state index contributed by atoms with van der Waals surface area (Å²) < 4.78 is 72.0. The van der Waals surface area contributed by atoms with Crippen molar-refractivity contribution in [3.05, 3.63) is 89.6 Å². The Morgan fingerprint density at radius 2 is 1.67 bits per heavy atom. The molecule has 0 aliphatic carbocycles. The van der Waals surface area contributed by atoms with Gasteiger partial charge >= 0.3 is 6.18 Å². The Morgan fingerprint density at radius 1 is 0.949 bits per heavy atom. The Balaban J connectivity index is 1.77. The molecule has 0 aliphatic heterocycles. The van der Waals surface area contributed by atoms with Gasteiger partial charge in [-0.05, 0) is 54.4 Å². The average Bonchev–Trinajstić information content (AvgIpc) is 3.46. The van der Waals surface area contributed by atoms with E-state index in [9.17, 15) is 21.6 Å². The summed E-state index contributed by atoms with van der Waals surface area (Å²) in [7, 11) is -3.47. The zero-order valence-electron chi connectivity index (χ0n) is 20.8. The number of aromatic nitrogens is 4. The third kappa shape index (κ3) is 5.32. The molecule has 0 atom stereocenters. The van der Waals surface area contributed by atoms with Gasteiger partial charge in [-0.25, -0.2) is 23.4 Å². The van der Waals surface area contributed by atoms with E-state index in [0.29, 0.717) is 45.3 Å². The van der Waals surface area contributed by atoms with Crippen molar-refractivity contribution >= 4 is 21.4 Å². The SMILES string of the molecule is Cc1nc(-c2cc(-c3cccc(S(C)(=O)=O)c3)ccc2-n2cc(C(F)(F)F)nc2C)c(-c2ccc(Cl)nc2)o1. The third-order valence-electron chi connectivity index (χ3n) is 6.00. The van der Waals surface area contributed by atoms with Gasteiger partial charge in [0.1, 0.15) is 16.7 Å². The minimum atomic E-state index is -4.63. The minimum Gasteiger partial charge on any atom is -0.440 e. The van der Waals surface area contributed by atoms with Gasteiger partial charge in [0.2, 0.25) is 0 Å². The van der Waals surface area contributed by atoms with Gasteiger partial charge < -0.3 is 8.98 Å². The van der Waals surface area contributed by atoms with Crippen LogP contribution in [0.2, 0.25) is 5.15 Å². The van der Waals surface area contributed by atoms with E-state index in [1.807, 2.05) is 0 Å². The highest BCUT2D eigenvalue weighted by Crippen LogP contribution is 2.39. The summed E-state index contributed by atoms with van der Waals surface area (Å²) in [5.74, 6) is 0.780. The van der Waals surface area contributed by atoms with E-state index in [1.165, 1.54) is 29.8 Å². The molecule has 12 heteroatoms. The first-order valence-electron chi connectivity index (χ1n) is 11.5. The molecule has 3 aromatic heterocycles. The molecule has 5 aromatic rings. The van der Waals surface area contributed by atoms with Crippen LogP contribution >= 0.6 is 11.6 Å². The van der Waals surface area contributed by atoms with Gasteiger partial charge in [-0.15, -0.1) is 0 Å². The van der Waals surface area contributed by atoms with Crippen LogP contribution in [0.4, 0.5) is 13.2 Å². The molecule has 0 unspecified atom stereocenters. The fourth-order valence-electron chi connectivity index (χ4n) is 4.19. The van der Waals surface area contributed by atoms with Gasteiger partial charge in [-0.2, -0.15) is 13.2 Å². The van der Waals surface area contributed by atoms with Gasteiger partial charge in [0.25, 0.3) is 0 Å². The number of imidazole rings is 1. The fourth-order valence-corrected chi connectivity index (χ4v) is 4.97. The molecule has 0 amide bonds. The summed E-state index contributed by atoms with van der Waals surface area (Å²) >= 11 is 5.95. The maximum atomic E-state index is 13.5. The lowest BCUT2D eigenvalue weighted by molar-refractivity contribution is -0.141. The molecular weight excluding hydrogens is 553 g/mol. The van der Waals surface area contributed by atoms with Crippen LogP contribution in [-0.2, 0) is 16.0 Å². The summed E-state index contributed by atoms with van der Waals surface area (Å²) in [5, 5.41) is 0.277. The molecule has 0 radical (unpaired) electrons. The van der Waals surface area contributed by atoms with E-state index in [0.717, 1.165) is 12.5 Å². The zero-order chi connectivity index (χ0) is 28.1. The first-order chi connectivity index (χ1) is 18.3. The zero-order valence-corrected chi connectivity index (χ0v) is 22.4. The lowest BCUT2D eigenvalue weighted by Gasteiger charge is -2.14. The maximum Gasteiger partial charge on any atom is 0.434 e. The normalized spacial score (nSPS) is 12.2. The average molecular weight is 573 g/mol. The number of alkyl halides is 3. The van der Waals surface area contributed by atoms with Crippen LogP contribution in [0.5, 0.6) is 0 Å². The highest BCUT2D eigenvalue weighted by Gasteiger charge is 2.35. The van der Waals surface area contributed by atoms with Crippen molar-refractivity contribution < 1.29 is 26.0 Å². The van der Waals surface area contributed by atoms with Gasteiger partial charge in [0, 0.05) is 36.7 Å². The molecule has 200 valence electrons. The number of hydrogen-bond acceptors (Lipinski definition) is 6. The quantitative estimate of drug-likeness (QED) is 0.212. The van der Waals surface area contributed by atoms with Crippen molar-refractivity contribution in [2.24, 2.45) is 0 Å². The Morgan fingerprint density at radius 3 is 2.31 bits per heavy atom. The Hall–Kier alpha value is -3.96. The number of rotatable bonds is 5. The predicted molar refractivity (Wildman–Crippen MR) is 140 cm³/mol. The molecule has 7 nitrogen and oxygen atoms in total. The Kier molecular flexibility index (Phi) is 6.59. The molecule has 0 saturated heterocycles. The molecule has 0 saturated carbocycles. The molecule has 0 N–H and O–H groups in total. The van der Waals surface area contributed by atoms with Crippen LogP contribution in [-0.4, -0.2) is 34.2 Å². The summed E-state index contributed by atoms with van der Waals surface area (Å²) in [4.78, 5) is 12.5. The number of pyridine rings is 1. The predicted octanol–water partition coefficient (Wildman–Crippen LogP) is 6.95. The summed E-state index contributed by atoms with van der Waals surface area (Å²) in [5.41, 5.74) is 1.91. The van der Waals surface area contributed by atoms with Crippen molar-refractivity contribution in [2.45, 2.75) is 24.9 Å². The highest BCUT2D eigenvalue weighted by atomic mass is 35.5. The third-order valence-corrected chi connectivity index (χ3v) is 7.34. The smallest absolute Gasteiger partial charge is 0.434 e. The number of nitrogens with zero attached hydrogens (tertiary/aromatic N) is 4. The summed E-state index contributed by atoms with van der Waals surface area (Å²) in [6.45, 7) is 3.13. The molecule has 0 spiro atoms. The molecule has 3 heterocycles. The summed E-state index contributed by atoms with van der Waals surface area (Å²) in [6, 6.07) is 14.8. The topological polar surface area (TPSA) is 90.9 Å². The number of halogens is 4. The molecule has 5 rings (SSSR count). The van der Waals surface area contributed by atoms with Gasteiger partial charge in [0.05, 0.1) is 10.6 Å². The molecule has 39 heavy (non-hydrogen) atoms. The molecule has 2 aromatic carbocycles. The van der Waals surface area contributed by atoms with Crippen LogP contribution in [0.1, 0.15) is 17.4 Å². The second-order valence-electron chi connectivity index (χ2n) is 8.85. The van der Waals surface area contributed by atoms with Crippen molar-refractivity contribution in [1.29, 1.82) is 0 Å². The van der Waals surface area contributed by atoms with Crippen LogP contribution in [0.15, 0.2) is 76.3 Å². The molecule has 0 bridgehead atoms. The van der Waals surface area contributed by atoms with E-state index < -0.39 is 21.7 Å². The standard InChI is InChI=1S/C27H20ClF3N4O3S/c1-15-33-23(27(29,30)31)14-35(15)22-9-7-18(17-5-4-6-20(11-17)39(3,36)37)12-21(22)25-26(38-16(2)34-25)19-8-10-24(28)32-13-19/h4-14H,1-3H3. The van der Waals surface area contributed by atoms with Crippen molar-refractivity contribution in [1.82, 2.24) is 19.5 Å². The largest absolute Gasteiger partial charge is 0.440 e. The lowest BCUT2D eigenvalue weighted by Crippen LogP contribution is -2.05. The highest BCUT2D eigenvalue weighted by molar-refractivity contribution is 7.90. The van der Waals surface area contributed by atoms with Crippen LogP contribution in [0.25, 0.3) is 39.4 Å². The van der Waals surface area contributed by atoms with Crippen molar-refractivity contribution in [2.75, 3.05) is 6.26 Å². The maximum absolute atomic E-state index is 13.5.